The van der Waals surface area contributed by atoms with E-state index in [0.717, 1.165) is 11.3 Å². The van der Waals surface area contributed by atoms with E-state index in [-0.39, 0.29) is 11.6 Å². The standard InChI is InChI=1S/C14H12N6O/c1-10-3-2-4-11(7-10)20-9-12(18-19-20)14(21)17-13-8-15-5-6-16-13/h2-9H,1H3,(H,16,17,21). The van der Waals surface area contributed by atoms with Gasteiger partial charge in [0, 0.05) is 12.4 Å². The molecule has 7 nitrogen and oxygen atoms in total. The molecule has 3 rings (SSSR count). The van der Waals surface area contributed by atoms with Crippen molar-refractivity contribution in [2.24, 2.45) is 0 Å². The molecule has 0 fully saturated rings. The summed E-state index contributed by atoms with van der Waals surface area (Å²) in [5, 5.41) is 10.4. The Balaban J connectivity index is 1.80. The highest BCUT2D eigenvalue weighted by Crippen LogP contribution is 2.10. The van der Waals surface area contributed by atoms with Gasteiger partial charge in [-0.1, -0.05) is 17.3 Å². The summed E-state index contributed by atoms with van der Waals surface area (Å²) in [6.07, 6.45) is 6.06. The molecule has 0 saturated carbocycles. The second-order valence-electron chi connectivity index (χ2n) is 4.43. The van der Waals surface area contributed by atoms with Crippen LogP contribution in [0.25, 0.3) is 5.69 Å². The number of benzene rings is 1. The lowest BCUT2D eigenvalue weighted by molar-refractivity contribution is 0.102. The van der Waals surface area contributed by atoms with Crippen LogP contribution in [-0.2, 0) is 0 Å². The van der Waals surface area contributed by atoms with E-state index in [1.807, 2.05) is 31.2 Å². The van der Waals surface area contributed by atoms with E-state index in [2.05, 4.69) is 25.6 Å². The molecular formula is C14H12N6O. The molecule has 3 aromatic rings. The van der Waals surface area contributed by atoms with E-state index in [1.165, 1.54) is 18.6 Å². The normalized spacial score (nSPS) is 10.3. The van der Waals surface area contributed by atoms with E-state index in [9.17, 15) is 4.79 Å². The van der Waals surface area contributed by atoms with Crippen LogP contribution in [-0.4, -0.2) is 30.9 Å². The van der Waals surface area contributed by atoms with Crippen LogP contribution < -0.4 is 5.32 Å². The zero-order chi connectivity index (χ0) is 14.7. The molecule has 0 aliphatic rings. The van der Waals surface area contributed by atoms with Gasteiger partial charge < -0.3 is 5.32 Å². The van der Waals surface area contributed by atoms with Crippen LogP contribution >= 0.6 is 0 Å². The van der Waals surface area contributed by atoms with Crippen molar-refractivity contribution in [1.29, 1.82) is 0 Å². The average Bonchev–Trinajstić information content (AvgIpc) is 2.98. The molecule has 1 aromatic carbocycles. The molecule has 0 aliphatic carbocycles. The summed E-state index contributed by atoms with van der Waals surface area (Å²) >= 11 is 0. The molecule has 0 spiro atoms. The molecular weight excluding hydrogens is 268 g/mol. The maximum atomic E-state index is 12.0. The molecule has 0 atom stereocenters. The molecule has 0 aliphatic heterocycles. The van der Waals surface area contributed by atoms with Crippen LogP contribution in [0.1, 0.15) is 16.1 Å². The van der Waals surface area contributed by atoms with Gasteiger partial charge in [0.05, 0.1) is 18.1 Å². The SMILES string of the molecule is Cc1cccc(-n2cc(C(=O)Nc3cnccn3)nn2)c1. The quantitative estimate of drug-likeness (QED) is 0.788. The fraction of sp³-hybridized carbons (Fsp3) is 0.0714. The molecule has 0 radical (unpaired) electrons. The number of amides is 1. The highest BCUT2D eigenvalue weighted by atomic mass is 16.2. The van der Waals surface area contributed by atoms with Gasteiger partial charge in [-0.2, -0.15) is 0 Å². The first-order chi connectivity index (χ1) is 10.2. The first-order valence-electron chi connectivity index (χ1n) is 6.29. The third-order valence-corrected chi connectivity index (χ3v) is 2.80. The summed E-state index contributed by atoms with van der Waals surface area (Å²) in [4.78, 5) is 19.9. The Labute approximate surface area is 120 Å². The maximum absolute atomic E-state index is 12.0. The zero-order valence-corrected chi connectivity index (χ0v) is 11.3. The molecule has 7 heteroatoms. The highest BCUT2D eigenvalue weighted by molar-refractivity contribution is 6.01. The first-order valence-corrected chi connectivity index (χ1v) is 6.29. The van der Waals surface area contributed by atoms with E-state index >= 15 is 0 Å². The lowest BCUT2D eigenvalue weighted by atomic mass is 10.2. The van der Waals surface area contributed by atoms with Crippen LogP contribution in [0.5, 0.6) is 0 Å². The molecule has 1 amide bonds. The number of nitrogens with zero attached hydrogens (tertiary/aromatic N) is 5. The maximum Gasteiger partial charge on any atom is 0.279 e. The Kier molecular flexibility index (Phi) is 3.38. The predicted octanol–water partition coefficient (Wildman–Crippen LogP) is 1.62. The van der Waals surface area contributed by atoms with Crippen molar-refractivity contribution in [2.75, 3.05) is 5.32 Å². The zero-order valence-electron chi connectivity index (χ0n) is 11.3. The van der Waals surface area contributed by atoms with Gasteiger partial charge >= 0.3 is 0 Å². The van der Waals surface area contributed by atoms with Crippen LogP contribution in [0.4, 0.5) is 5.82 Å². The largest absolute Gasteiger partial charge is 0.304 e. The van der Waals surface area contributed by atoms with Crippen molar-refractivity contribution in [3.05, 3.63) is 60.3 Å². The topological polar surface area (TPSA) is 85.6 Å². The van der Waals surface area contributed by atoms with Gasteiger partial charge in [-0.25, -0.2) is 9.67 Å². The van der Waals surface area contributed by atoms with Crippen molar-refractivity contribution in [3.8, 4) is 5.69 Å². The number of carbonyl (C=O) groups excluding carboxylic acids is 1. The van der Waals surface area contributed by atoms with Gasteiger partial charge in [-0.15, -0.1) is 5.10 Å². The second-order valence-corrected chi connectivity index (χ2v) is 4.43. The molecule has 21 heavy (non-hydrogen) atoms. The number of anilines is 1. The summed E-state index contributed by atoms with van der Waals surface area (Å²) in [6.45, 7) is 1.99. The number of rotatable bonds is 3. The van der Waals surface area contributed by atoms with E-state index in [4.69, 9.17) is 0 Å². The van der Waals surface area contributed by atoms with Crippen LogP contribution in [0, 0.1) is 6.92 Å². The van der Waals surface area contributed by atoms with Gasteiger partial charge in [0.15, 0.2) is 11.5 Å². The molecule has 2 aromatic heterocycles. The van der Waals surface area contributed by atoms with Crippen molar-refractivity contribution in [3.63, 3.8) is 0 Å². The molecule has 2 heterocycles. The lowest BCUT2D eigenvalue weighted by Crippen LogP contribution is -2.13. The van der Waals surface area contributed by atoms with Gasteiger partial charge in [-0.05, 0) is 24.6 Å². The van der Waals surface area contributed by atoms with E-state index in [1.54, 1.807) is 10.9 Å². The van der Waals surface area contributed by atoms with Gasteiger partial charge in [0.1, 0.15) is 0 Å². The van der Waals surface area contributed by atoms with E-state index < -0.39 is 0 Å². The highest BCUT2D eigenvalue weighted by Gasteiger charge is 2.12. The molecule has 0 saturated heterocycles. The fourth-order valence-corrected chi connectivity index (χ4v) is 1.81. The Morgan fingerprint density at radius 2 is 2.19 bits per heavy atom. The number of hydrogen-bond acceptors (Lipinski definition) is 5. The summed E-state index contributed by atoms with van der Waals surface area (Å²) in [6, 6.07) is 7.76. The second kappa shape index (κ2) is 5.49. The molecule has 104 valence electrons. The summed E-state index contributed by atoms with van der Waals surface area (Å²) in [5.74, 6) is -0.0120. The Morgan fingerprint density at radius 1 is 1.29 bits per heavy atom. The average molecular weight is 280 g/mol. The van der Waals surface area contributed by atoms with Gasteiger partial charge in [-0.3, -0.25) is 9.78 Å². The van der Waals surface area contributed by atoms with Crippen LogP contribution in [0.3, 0.4) is 0 Å². The number of aryl methyl sites for hydroxylation is 1. The smallest absolute Gasteiger partial charge is 0.279 e. The number of aromatic nitrogens is 5. The predicted molar refractivity (Wildman–Crippen MR) is 76.1 cm³/mol. The number of hydrogen-bond donors (Lipinski definition) is 1. The summed E-state index contributed by atoms with van der Waals surface area (Å²) in [7, 11) is 0. The van der Waals surface area contributed by atoms with Crippen molar-refractivity contribution in [1.82, 2.24) is 25.0 Å². The monoisotopic (exact) mass is 280 g/mol. The van der Waals surface area contributed by atoms with Gasteiger partial charge in [0.2, 0.25) is 0 Å². The Bertz CT molecular complexity index is 768. The third-order valence-electron chi connectivity index (χ3n) is 2.80. The minimum absolute atomic E-state index is 0.210. The fourth-order valence-electron chi connectivity index (χ4n) is 1.81. The minimum Gasteiger partial charge on any atom is -0.304 e. The summed E-state index contributed by atoms with van der Waals surface area (Å²) in [5.41, 5.74) is 2.16. The Morgan fingerprint density at radius 3 is 2.95 bits per heavy atom. The van der Waals surface area contributed by atoms with E-state index in [0.29, 0.717) is 5.82 Å². The van der Waals surface area contributed by atoms with Crippen molar-refractivity contribution < 1.29 is 4.79 Å². The van der Waals surface area contributed by atoms with Crippen molar-refractivity contribution >= 4 is 11.7 Å². The minimum atomic E-state index is -0.380. The van der Waals surface area contributed by atoms with Crippen LogP contribution in [0.2, 0.25) is 0 Å². The van der Waals surface area contributed by atoms with Gasteiger partial charge in [0.25, 0.3) is 5.91 Å². The first kappa shape index (κ1) is 12.9. The molecule has 0 bridgehead atoms. The van der Waals surface area contributed by atoms with Crippen LogP contribution in [0.15, 0.2) is 49.1 Å². The number of nitrogens with one attached hydrogen (secondary N) is 1. The summed E-state index contributed by atoms with van der Waals surface area (Å²) < 4.78 is 1.55. The number of carbonyl (C=O) groups is 1. The lowest BCUT2D eigenvalue weighted by Gasteiger charge is -2.01. The molecule has 0 unspecified atom stereocenters. The third kappa shape index (κ3) is 2.92. The Hall–Kier alpha value is -3.09. The van der Waals surface area contributed by atoms with Crippen molar-refractivity contribution in [2.45, 2.75) is 6.92 Å². The molecule has 1 N–H and O–H groups in total.